The van der Waals surface area contributed by atoms with Crippen LogP contribution >= 0.6 is 0 Å². The van der Waals surface area contributed by atoms with Gasteiger partial charge in [0.1, 0.15) is 11.4 Å². The third kappa shape index (κ3) is 2.88. The highest BCUT2D eigenvalue weighted by atomic mass is 19.1. The zero-order valence-corrected chi connectivity index (χ0v) is 15.4. The molecule has 28 heavy (non-hydrogen) atoms. The molecule has 0 fully saturated rings. The minimum Gasteiger partial charge on any atom is -0.493 e. The van der Waals surface area contributed by atoms with E-state index in [1.54, 1.807) is 49.2 Å². The van der Waals surface area contributed by atoms with Crippen LogP contribution in [-0.4, -0.2) is 28.9 Å². The summed E-state index contributed by atoms with van der Waals surface area (Å²) in [6.07, 6.45) is 1.59. The molecule has 0 aliphatic heterocycles. The summed E-state index contributed by atoms with van der Waals surface area (Å²) in [7, 11) is 4.83. The summed E-state index contributed by atoms with van der Waals surface area (Å²) >= 11 is 0. The molecule has 2 heterocycles. The quantitative estimate of drug-likeness (QED) is 0.539. The molecule has 0 saturated carbocycles. The van der Waals surface area contributed by atoms with Gasteiger partial charge in [-0.2, -0.15) is 4.98 Å². The largest absolute Gasteiger partial charge is 0.493 e. The molecule has 0 N–H and O–H groups in total. The van der Waals surface area contributed by atoms with Gasteiger partial charge >= 0.3 is 0 Å². The van der Waals surface area contributed by atoms with Gasteiger partial charge in [-0.1, -0.05) is 5.16 Å². The number of ether oxygens (including phenoxy) is 2. The van der Waals surface area contributed by atoms with Gasteiger partial charge in [0.2, 0.25) is 11.3 Å². The van der Waals surface area contributed by atoms with Gasteiger partial charge in [0, 0.05) is 24.2 Å². The normalized spacial score (nSPS) is 11.0. The highest BCUT2D eigenvalue weighted by Crippen LogP contribution is 2.31. The molecule has 2 aromatic heterocycles. The van der Waals surface area contributed by atoms with Crippen molar-refractivity contribution in [1.29, 1.82) is 0 Å². The molecule has 4 rings (SSSR count). The van der Waals surface area contributed by atoms with Crippen molar-refractivity contribution in [3.63, 3.8) is 0 Å². The van der Waals surface area contributed by atoms with Crippen molar-refractivity contribution < 1.29 is 18.4 Å². The summed E-state index contributed by atoms with van der Waals surface area (Å²) in [5.41, 5.74) is 1.06. The van der Waals surface area contributed by atoms with Crippen molar-refractivity contribution >= 4 is 10.9 Å². The lowest BCUT2D eigenvalue weighted by atomic mass is 10.1. The first-order chi connectivity index (χ1) is 13.5. The predicted molar refractivity (Wildman–Crippen MR) is 101 cm³/mol. The third-order valence-electron chi connectivity index (χ3n) is 4.45. The summed E-state index contributed by atoms with van der Waals surface area (Å²) in [6.45, 7) is 0. The Morgan fingerprint density at radius 1 is 1.07 bits per heavy atom. The maximum Gasteiger partial charge on any atom is 0.263 e. The van der Waals surface area contributed by atoms with Crippen LogP contribution < -0.4 is 14.9 Å². The number of nitrogens with zero attached hydrogens (tertiary/aromatic N) is 3. The average Bonchev–Trinajstić information content (AvgIpc) is 3.20. The number of hydrogen-bond donors (Lipinski definition) is 0. The molecule has 7 nitrogen and oxygen atoms in total. The molecule has 0 spiro atoms. The van der Waals surface area contributed by atoms with E-state index < -0.39 is 5.82 Å². The van der Waals surface area contributed by atoms with Gasteiger partial charge in [-0.15, -0.1) is 0 Å². The fraction of sp³-hybridized carbons (Fsp3) is 0.150. The number of fused-ring (bicyclic) bond motifs is 1. The van der Waals surface area contributed by atoms with Gasteiger partial charge in [-0.3, -0.25) is 4.79 Å². The SMILES string of the molecule is COc1ccc(-c2noc(-c3cn(C)c4ccc(F)cc4c3=O)n2)cc1OC. The molecule has 8 heteroatoms. The van der Waals surface area contributed by atoms with E-state index in [2.05, 4.69) is 10.1 Å². The van der Waals surface area contributed by atoms with Crippen LogP contribution in [0.2, 0.25) is 0 Å². The van der Waals surface area contributed by atoms with Crippen LogP contribution in [0.1, 0.15) is 0 Å². The fourth-order valence-electron chi connectivity index (χ4n) is 3.04. The summed E-state index contributed by atoms with van der Waals surface area (Å²) in [5.74, 6) is 0.941. The van der Waals surface area contributed by atoms with Crippen LogP contribution in [0.25, 0.3) is 33.7 Å². The standard InChI is InChI=1S/C20H16FN3O4/c1-24-10-14(18(25)13-9-12(21)5-6-15(13)24)20-22-19(23-28-20)11-4-7-16(26-2)17(8-11)27-3/h4-10H,1-3H3. The molecule has 0 bridgehead atoms. The Morgan fingerprint density at radius 3 is 2.61 bits per heavy atom. The molecule has 0 amide bonds. The topological polar surface area (TPSA) is 79.4 Å². The van der Waals surface area contributed by atoms with E-state index in [9.17, 15) is 9.18 Å². The van der Waals surface area contributed by atoms with E-state index in [1.807, 2.05) is 0 Å². The van der Waals surface area contributed by atoms with Crippen molar-refractivity contribution in [1.82, 2.24) is 14.7 Å². The smallest absolute Gasteiger partial charge is 0.263 e. The van der Waals surface area contributed by atoms with Crippen molar-refractivity contribution in [3.05, 3.63) is 58.6 Å². The Bertz CT molecular complexity index is 1250. The van der Waals surface area contributed by atoms with Crippen LogP contribution in [0.15, 0.2) is 51.9 Å². The van der Waals surface area contributed by atoms with Gasteiger partial charge in [-0.05, 0) is 36.4 Å². The van der Waals surface area contributed by atoms with E-state index in [0.717, 1.165) is 0 Å². The number of hydrogen-bond acceptors (Lipinski definition) is 6. The second kappa shape index (κ2) is 6.80. The van der Waals surface area contributed by atoms with Crippen LogP contribution in [-0.2, 0) is 7.05 Å². The van der Waals surface area contributed by atoms with Crippen molar-refractivity contribution in [2.24, 2.45) is 7.05 Å². The number of methoxy groups -OCH3 is 2. The Balaban J connectivity index is 1.82. The summed E-state index contributed by atoms with van der Waals surface area (Å²) in [6, 6.07) is 9.25. The van der Waals surface area contributed by atoms with E-state index in [-0.39, 0.29) is 28.1 Å². The van der Waals surface area contributed by atoms with Crippen molar-refractivity contribution in [3.8, 4) is 34.3 Å². The molecular weight excluding hydrogens is 365 g/mol. The number of rotatable bonds is 4. The monoisotopic (exact) mass is 381 g/mol. The lowest BCUT2D eigenvalue weighted by Crippen LogP contribution is -2.10. The fourth-order valence-corrected chi connectivity index (χ4v) is 3.04. The molecule has 0 saturated heterocycles. The number of pyridine rings is 1. The summed E-state index contributed by atoms with van der Waals surface area (Å²) in [4.78, 5) is 17.2. The predicted octanol–water partition coefficient (Wildman–Crippen LogP) is 3.41. The molecule has 0 aliphatic rings. The first-order valence-electron chi connectivity index (χ1n) is 8.37. The van der Waals surface area contributed by atoms with Gasteiger partial charge in [-0.25, -0.2) is 4.39 Å². The zero-order chi connectivity index (χ0) is 19.8. The second-order valence-electron chi connectivity index (χ2n) is 6.14. The molecule has 0 atom stereocenters. The van der Waals surface area contributed by atoms with E-state index in [0.29, 0.717) is 22.6 Å². The van der Waals surface area contributed by atoms with Gasteiger partial charge < -0.3 is 18.6 Å². The Labute approximate surface area is 158 Å². The van der Waals surface area contributed by atoms with E-state index in [1.165, 1.54) is 19.2 Å². The van der Waals surface area contributed by atoms with Crippen LogP contribution in [0.5, 0.6) is 11.5 Å². The Kier molecular flexibility index (Phi) is 4.31. The van der Waals surface area contributed by atoms with Crippen LogP contribution in [0.4, 0.5) is 4.39 Å². The van der Waals surface area contributed by atoms with Crippen LogP contribution in [0, 0.1) is 5.82 Å². The molecule has 0 aliphatic carbocycles. The van der Waals surface area contributed by atoms with Gasteiger partial charge in [0.05, 0.1) is 19.7 Å². The molecule has 2 aromatic carbocycles. The summed E-state index contributed by atoms with van der Waals surface area (Å²) in [5, 5.41) is 4.20. The van der Waals surface area contributed by atoms with Crippen molar-refractivity contribution in [2.45, 2.75) is 0 Å². The Morgan fingerprint density at radius 2 is 1.86 bits per heavy atom. The van der Waals surface area contributed by atoms with E-state index >= 15 is 0 Å². The molecule has 142 valence electrons. The van der Waals surface area contributed by atoms with Crippen molar-refractivity contribution in [2.75, 3.05) is 14.2 Å². The highest BCUT2D eigenvalue weighted by molar-refractivity contribution is 5.83. The third-order valence-corrected chi connectivity index (χ3v) is 4.45. The maximum absolute atomic E-state index is 13.6. The van der Waals surface area contributed by atoms with Gasteiger partial charge in [0.15, 0.2) is 11.5 Å². The number of benzene rings is 2. The molecule has 0 unspecified atom stereocenters. The minimum absolute atomic E-state index is 0.0524. The first kappa shape index (κ1) is 17.7. The molecular formula is C20H16FN3O4. The number of halogens is 1. The Hall–Kier alpha value is -3.68. The van der Waals surface area contributed by atoms with E-state index in [4.69, 9.17) is 14.0 Å². The first-order valence-corrected chi connectivity index (χ1v) is 8.37. The maximum atomic E-state index is 13.6. The second-order valence-corrected chi connectivity index (χ2v) is 6.14. The lowest BCUT2D eigenvalue weighted by molar-refractivity contribution is 0.355. The average molecular weight is 381 g/mol. The molecule has 0 radical (unpaired) electrons. The number of aryl methyl sites for hydroxylation is 1. The van der Waals surface area contributed by atoms with Crippen LogP contribution in [0.3, 0.4) is 0 Å². The zero-order valence-electron chi connectivity index (χ0n) is 15.4. The lowest BCUT2D eigenvalue weighted by Gasteiger charge is -2.07. The summed E-state index contributed by atoms with van der Waals surface area (Å²) < 4.78 is 31.1. The van der Waals surface area contributed by atoms with Gasteiger partial charge in [0.25, 0.3) is 5.89 Å². The highest BCUT2D eigenvalue weighted by Gasteiger charge is 2.18. The number of aromatic nitrogens is 3. The minimum atomic E-state index is -0.488. The molecule has 4 aromatic rings.